The van der Waals surface area contributed by atoms with E-state index in [4.69, 9.17) is 4.74 Å². The van der Waals surface area contributed by atoms with Crippen molar-refractivity contribution in [1.29, 1.82) is 0 Å². The summed E-state index contributed by atoms with van der Waals surface area (Å²) in [5.41, 5.74) is 1.26. The number of benzene rings is 1. The summed E-state index contributed by atoms with van der Waals surface area (Å²) in [6, 6.07) is 11.8. The minimum Gasteiger partial charge on any atom is -0.464 e. The molecule has 1 amide bonds. The smallest absolute Gasteiger partial charge is 0.329 e. The molecule has 0 radical (unpaired) electrons. The van der Waals surface area contributed by atoms with Crippen LogP contribution >= 0.6 is 0 Å². The van der Waals surface area contributed by atoms with Crippen molar-refractivity contribution < 1.29 is 14.3 Å². The fourth-order valence-electron chi connectivity index (χ4n) is 3.23. The van der Waals surface area contributed by atoms with Crippen LogP contribution in [-0.4, -0.2) is 45.2 Å². The lowest BCUT2D eigenvalue weighted by molar-refractivity contribution is -0.155. The Bertz CT molecular complexity index is 890. The highest BCUT2D eigenvalue weighted by Gasteiger charge is 2.41. The fourth-order valence-corrected chi connectivity index (χ4v) is 3.23. The highest BCUT2D eigenvalue weighted by molar-refractivity contribution is 5.85. The van der Waals surface area contributed by atoms with Gasteiger partial charge in [0.15, 0.2) is 0 Å². The lowest BCUT2D eigenvalue weighted by atomic mass is 10.0. The SMILES string of the molecule is CCOC(=O)C(Cc1ccccc1)N(C(=O)Cn1nc(C)ccc1=O)C1CC1. The average Bonchev–Trinajstić information content (AvgIpc) is 3.50. The summed E-state index contributed by atoms with van der Waals surface area (Å²) in [7, 11) is 0. The number of hydrogen-bond donors (Lipinski definition) is 0. The largest absolute Gasteiger partial charge is 0.464 e. The van der Waals surface area contributed by atoms with Crippen LogP contribution in [0.2, 0.25) is 0 Å². The van der Waals surface area contributed by atoms with Gasteiger partial charge in [0.2, 0.25) is 5.91 Å². The van der Waals surface area contributed by atoms with E-state index >= 15 is 0 Å². The molecule has 0 bridgehead atoms. The Morgan fingerprint density at radius 3 is 2.57 bits per heavy atom. The number of nitrogens with zero attached hydrogens (tertiary/aromatic N) is 3. The first-order valence-corrected chi connectivity index (χ1v) is 9.56. The van der Waals surface area contributed by atoms with Gasteiger partial charge in [-0.15, -0.1) is 0 Å². The molecule has 1 aliphatic rings. The predicted molar refractivity (Wildman–Crippen MR) is 104 cm³/mol. The molecule has 148 valence electrons. The normalized spacial score (nSPS) is 14.4. The number of rotatable bonds is 8. The van der Waals surface area contributed by atoms with Gasteiger partial charge in [-0.1, -0.05) is 30.3 Å². The van der Waals surface area contributed by atoms with Gasteiger partial charge in [-0.25, -0.2) is 9.48 Å². The van der Waals surface area contributed by atoms with Gasteiger partial charge in [0, 0.05) is 18.5 Å². The van der Waals surface area contributed by atoms with E-state index in [2.05, 4.69) is 5.10 Å². The van der Waals surface area contributed by atoms with E-state index in [1.165, 1.54) is 6.07 Å². The molecule has 1 aromatic heterocycles. The van der Waals surface area contributed by atoms with E-state index in [-0.39, 0.29) is 30.7 Å². The van der Waals surface area contributed by atoms with Gasteiger partial charge < -0.3 is 9.64 Å². The Morgan fingerprint density at radius 1 is 1.21 bits per heavy atom. The monoisotopic (exact) mass is 383 g/mol. The van der Waals surface area contributed by atoms with Crippen LogP contribution in [0.15, 0.2) is 47.3 Å². The second kappa shape index (κ2) is 8.82. The maximum absolute atomic E-state index is 13.1. The molecule has 28 heavy (non-hydrogen) atoms. The summed E-state index contributed by atoms with van der Waals surface area (Å²) in [4.78, 5) is 39.5. The number of hydrogen-bond acceptors (Lipinski definition) is 5. The zero-order valence-electron chi connectivity index (χ0n) is 16.2. The molecule has 3 rings (SSSR count). The molecular formula is C21H25N3O4. The number of aryl methyl sites for hydroxylation is 1. The third-order valence-electron chi connectivity index (χ3n) is 4.68. The first kappa shape index (κ1) is 19.8. The predicted octanol–water partition coefficient (Wildman–Crippen LogP) is 1.72. The molecule has 0 spiro atoms. The third kappa shape index (κ3) is 4.85. The van der Waals surface area contributed by atoms with Gasteiger partial charge in [0.1, 0.15) is 12.6 Å². The molecular weight excluding hydrogens is 358 g/mol. The summed E-state index contributed by atoms with van der Waals surface area (Å²) in [6.45, 7) is 3.56. The molecule has 1 fully saturated rings. The van der Waals surface area contributed by atoms with Crippen LogP contribution in [0.5, 0.6) is 0 Å². The van der Waals surface area contributed by atoms with Gasteiger partial charge in [-0.3, -0.25) is 9.59 Å². The quantitative estimate of drug-likeness (QED) is 0.649. The molecule has 1 heterocycles. The molecule has 1 unspecified atom stereocenters. The Kier molecular flexibility index (Phi) is 6.23. The molecule has 1 aliphatic carbocycles. The molecule has 7 heteroatoms. The Balaban J connectivity index is 1.87. The van der Waals surface area contributed by atoms with Gasteiger partial charge in [0.25, 0.3) is 5.56 Å². The summed E-state index contributed by atoms with van der Waals surface area (Å²) >= 11 is 0. The minimum absolute atomic E-state index is 0.00821. The van der Waals surface area contributed by atoms with E-state index in [1.54, 1.807) is 24.8 Å². The first-order chi connectivity index (χ1) is 13.5. The molecule has 0 aliphatic heterocycles. The summed E-state index contributed by atoms with van der Waals surface area (Å²) < 4.78 is 6.41. The number of ether oxygens (including phenoxy) is 1. The number of esters is 1. The van der Waals surface area contributed by atoms with E-state index in [0.717, 1.165) is 23.1 Å². The van der Waals surface area contributed by atoms with Crippen molar-refractivity contribution in [3.63, 3.8) is 0 Å². The van der Waals surface area contributed by atoms with Crippen LogP contribution in [0.1, 0.15) is 31.0 Å². The van der Waals surface area contributed by atoms with E-state index in [0.29, 0.717) is 12.1 Å². The van der Waals surface area contributed by atoms with Gasteiger partial charge >= 0.3 is 5.97 Å². The summed E-state index contributed by atoms with van der Waals surface area (Å²) in [5.74, 6) is -0.715. The number of amides is 1. The summed E-state index contributed by atoms with van der Waals surface area (Å²) in [5, 5.41) is 4.14. The van der Waals surface area contributed by atoms with E-state index < -0.39 is 12.0 Å². The molecule has 7 nitrogen and oxygen atoms in total. The van der Waals surface area contributed by atoms with Crippen LogP contribution in [0.25, 0.3) is 0 Å². The Hall–Kier alpha value is -2.96. The van der Waals surface area contributed by atoms with Crippen LogP contribution in [0.4, 0.5) is 0 Å². The van der Waals surface area contributed by atoms with Crippen molar-refractivity contribution in [2.75, 3.05) is 6.61 Å². The van der Waals surface area contributed by atoms with Crippen LogP contribution in [0, 0.1) is 6.92 Å². The molecule has 1 atom stereocenters. The number of carbonyl (C=O) groups is 2. The topological polar surface area (TPSA) is 81.5 Å². The number of carbonyl (C=O) groups excluding carboxylic acids is 2. The molecule has 0 N–H and O–H groups in total. The van der Waals surface area contributed by atoms with Gasteiger partial charge in [0.05, 0.1) is 12.3 Å². The highest BCUT2D eigenvalue weighted by atomic mass is 16.5. The zero-order chi connectivity index (χ0) is 20.1. The maximum atomic E-state index is 13.1. The zero-order valence-corrected chi connectivity index (χ0v) is 16.2. The van der Waals surface area contributed by atoms with Crippen molar-refractivity contribution in [2.24, 2.45) is 0 Å². The standard InChI is InChI=1S/C21H25N3O4/c1-3-28-21(27)18(13-16-7-5-4-6-8-16)24(17-10-11-17)20(26)14-23-19(25)12-9-15(2)22-23/h4-9,12,17-18H,3,10-11,13-14H2,1-2H3. The molecule has 1 saturated carbocycles. The second-order valence-electron chi connectivity index (χ2n) is 6.96. The Labute approximate surface area is 163 Å². The lowest BCUT2D eigenvalue weighted by Gasteiger charge is -2.30. The molecule has 2 aromatic rings. The second-order valence-corrected chi connectivity index (χ2v) is 6.96. The van der Waals surface area contributed by atoms with Gasteiger partial charge in [-0.2, -0.15) is 5.10 Å². The van der Waals surface area contributed by atoms with Crippen LogP contribution in [-0.2, 0) is 27.3 Å². The molecule has 0 saturated heterocycles. The fraction of sp³-hybridized carbons (Fsp3) is 0.429. The van der Waals surface area contributed by atoms with Crippen LogP contribution < -0.4 is 5.56 Å². The minimum atomic E-state index is -0.720. The summed E-state index contributed by atoms with van der Waals surface area (Å²) in [6.07, 6.45) is 2.05. The van der Waals surface area contributed by atoms with Crippen molar-refractivity contribution in [2.45, 2.75) is 51.7 Å². The Morgan fingerprint density at radius 2 is 1.93 bits per heavy atom. The number of aromatic nitrogens is 2. The van der Waals surface area contributed by atoms with E-state index in [9.17, 15) is 14.4 Å². The average molecular weight is 383 g/mol. The van der Waals surface area contributed by atoms with Gasteiger partial charge in [-0.05, 0) is 38.3 Å². The lowest BCUT2D eigenvalue weighted by Crippen LogP contribution is -2.50. The van der Waals surface area contributed by atoms with Crippen molar-refractivity contribution in [3.8, 4) is 0 Å². The molecule has 1 aromatic carbocycles. The van der Waals surface area contributed by atoms with Crippen molar-refractivity contribution >= 4 is 11.9 Å². The van der Waals surface area contributed by atoms with Crippen molar-refractivity contribution in [3.05, 3.63) is 64.1 Å². The maximum Gasteiger partial charge on any atom is 0.329 e. The van der Waals surface area contributed by atoms with E-state index in [1.807, 2.05) is 30.3 Å². The highest BCUT2D eigenvalue weighted by Crippen LogP contribution is 2.30. The van der Waals surface area contributed by atoms with Crippen molar-refractivity contribution in [1.82, 2.24) is 14.7 Å². The first-order valence-electron chi connectivity index (χ1n) is 9.56. The third-order valence-corrected chi connectivity index (χ3v) is 4.68. The van der Waals surface area contributed by atoms with Crippen LogP contribution in [0.3, 0.4) is 0 Å².